The first-order valence-electron chi connectivity index (χ1n) is 4.07. The van der Waals surface area contributed by atoms with Gasteiger partial charge in [-0.05, 0) is 0 Å². The van der Waals surface area contributed by atoms with Crippen molar-refractivity contribution in [2.75, 3.05) is 13.2 Å². The van der Waals surface area contributed by atoms with Gasteiger partial charge in [0.05, 0.1) is 13.2 Å². The lowest BCUT2D eigenvalue weighted by Crippen LogP contribution is -2.01. The Morgan fingerprint density at radius 3 is 2.29 bits per heavy atom. The zero-order valence-electron chi connectivity index (χ0n) is 7.37. The van der Waals surface area contributed by atoms with E-state index >= 15 is 0 Å². The van der Waals surface area contributed by atoms with Crippen LogP contribution in [0.5, 0.6) is 5.75 Å². The van der Waals surface area contributed by atoms with E-state index in [1.165, 1.54) is 0 Å². The van der Waals surface area contributed by atoms with Crippen molar-refractivity contribution >= 4 is 0 Å². The topological polar surface area (TPSA) is 38.7 Å². The van der Waals surface area contributed by atoms with E-state index in [1.54, 1.807) is 0 Å². The maximum absolute atomic E-state index is 12.6. The molecular formula is C9H10F2O3. The largest absolute Gasteiger partial charge is 0.493 e. The van der Waals surface area contributed by atoms with E-state index in [9.17, 15) is 8.78 Å². The Kier molecular flexibility index (Phi) is 4.28. The molecule has 0 saturated carbocycles. The van der Waals surface area contributed by atoms with Crippen LogP contribution in [0.15, 0.2) is 18.2 Å². The summed E-state index contributed by atoms with van der Waals surface area (Å²) in [6.07, 6.45) is 0.439. The lowest BCUT2D eigenvalue weighted by molar-refractivity contribution is -0.243. The van der Waals surface area contributed by atoms with Gasteiger partial charge in [-0.2, -0.15) is 0 Å². The van der Waals surface area contributed by atoms with E-state index < -0.39 is 11.6 Å². The summed E-state index contributed by atoms with van der Waals surface area (Å²) in [5.41, 5.74) is 0. The molecule has 3 nitrogen and oxygen atoms in total. The van der Waals surface area contributed by atoms with Gasteiger partial charge in [-0.15, -0.1) is 0 Å². The van der Waals surface area contributed by atoms with Crippen molar-refractivity contribution in [1.82, 2.24) is 0 Å². The first-order chi connectivity index (χ1) is 6.72. The zero-order chi connectivity index (χ0) is 10.4. The summed E-state index contributed by atoms with van der Waals surface area (Å²) in [5.74, 6) is -1.24. The van der Waals surface area contributed by atoms with Gasteiger partial charge >= 0.3 is 0 Å². The number of hydrogen-bond acceptors (Lipinski definition) is 3. The molecule has 0 aliphatic carbocycles. The Bertz CT molecular complexity index is 271. The van der Waals surface area contributed by atoms with Crippen molar-refractivity contribution in [1.29, 1.82) is 0 Å². The minimum Gasteiger partial charge on any atom is -0.493 e. The molecule has 0 bridgehead atoms. The van der Waals surface area contributed by atoms with Crippen LogP contribution in [-0.4, -0.2) is 18.5 Å². The van der Waals surface area contributed by atoms with E-state index in [0.717, 1.165) is 18.2 Å². The first-order valence-corrected chi connectivity index (χ1v) is 4.07. The normalized spacial score (nSPS) is 10.2. The van der Waals surface area contributed by atoms with Gasteiger partial charge in [-0.3, -0.25) is 5.26 Å². The van der Waals surface area contributed by atoms with Gasteiger partial charge in [-0.25, -0.2) is 13.7 Å². The highest BCUT2D eigenvalue weighted by atomic mass is 19.1. The lowest BCUT2D eigenvalue weighted by Gasteiger charge is -2.05. The molecule has 0 aliphatic heterocycles. The van der Waals surface area contributed by atoms with Gasteiger partial charge in [0.1, 0.15) is 17.4 Å². The average Bonchev–Trinajstić information content (AvgIpc) is 2.11. The molecule has 0 saturated heterocycles. The Morgan fingerprint density at radius 2 is 1.71 bits per heavy atom. The fraction of sp³-hybridized carbons (Fsp3) is 0.333. The monoisotopic (exact) mass is 204 g/mol. The van der Waals surface area contributed by atoms with Crippen molar-refractivity contribution in [2.45, 2.75) is 6.42 Å². The minimum atomic E-state index is -0.682. The number of rotatable bonds is 5. The van der Waals surface area contributed by atoms with Crippen LogP contribution in [-0.2, 0) is 4.89 Å². The van der Waals surface area contributed by atoms with Gasteiger partial charge in [0.2, 0.25) is 0 Å². The Hall–Kier alpha value is -1.20. The van der Waals surface area contributed by atoms with Gasteiger partial charge < -0.3 is 4.74 Å². The molecule has 0 unspecified atom stereocenters. The highest BCUT2D eigenvalue weighted by molar-refractivity contribution is 5.23. The third-order valence-corrected chi connectivity index (χ3v) is 1.48. The van der Waals surface area contributed by atoms with E-state index in [1.807, 2.05) is 0 Å². The Balaban J connectivity index is 2.42. The van der Waals surface area contributed by atoms with Crippen molar-refractivity contribution in [2.24, 2.45) is 0 Å². The third-order valence-electron chi connectivity index (χ3n) is 1.48. The highest BCUT2D eigenvalue weighted by Gasteiger charge is 2.00. The van der Waals surface area contributed by atoms with Gasteiger partial charge in [0.15, 0.2) is 0 Å². The van der Waals surface area contributed by atoms with Crippen molar-refractivity contribution < 1.29 is 23.7 Å². The molecule has 1 aromatic rings. The SMILES string of the molecule is OOCCCOc1cc(F)cc(F)c1. The van der Waals surface area contributed by atoms with Crippen LogP contribution in [0.2, 0.25) is 0 Å². The third kappa shape index (κ3) is 3.68. The summed E-state index contributed by atoms with van der Waals surface area (Å²) in [5, 5.41) is 7.98. The molecule has 0 atom stereocenters. The second kappa shape index (κ2) is 5.51. The summed E-state index contributed by atoms with van der Waals surface area (Å²) in [4.78, 5) is 3.80. The molecule has 0 radical (unpaired) electrons. The smallest absolute Gasteiger partial charge is 0.129 e. The highest BCUT2D eigenvalue weighted by Crippen LogP contribution is 2.15. The zero-order valence-corrected chi connectivity index (χ0v) is 7.37. The van der Waals surface area contributed by atoms with Crippen LogP contribution in [0.1, 0.15) is 6.42 Å². The molecule has 1 aromatic carbocycles. The number of hydrogen-bond donors (Lipinski definition) is 1. The summed E-state index contributed by atoms with van der Waals surface area (Å²) >= 11 is 0. The summed E-state index contributed by atoms with van der Waals surface area (Å²) < 4.78 is 30.2. The second-order valence-corrected chi connectivity index (χ2v) is 2.64. The first kappa shape index (κ1) is 10.9. The molecule has 0 aliphatic rings. The van der Waals surface area contributed by atoms with Gasteiger partial charge in [0, 0.05) is 24.6 Å². The fourth-order valence-corrected chi connectivity index (χ4v) is 0.925. The van der Waals surface area contributed by atoms with Crippen LogP contribution in [0.3, 0.4) is 0 Å². The molecule has 0 aromatic heterocycles. The van der Waals surface area contributed by atoms with Crippen LogP contribution in [0.4, 0.5) is 8.78 Å². The van der Waals surface area contributed by atoms with Crippen LogP contribution < -0.4 is 4.74 Å². The molecule has 14 heavy (non-hydrogen) atoms. The van der Waals surface area contributed by atoms with E-state index in [-0.39, 0.29) is 19.0 Å². The molecule has 0 amide bonds. The van der Waals surface area contributed by atoms with Crippen molar-refractivity contribution in [3.63, 3.8) is 0 Å². The summed E-state index contributed by atoms with van der Waals surface area (Å²) in [7, 11) is 0. The number of benzene rings is 1. The van der Waals surface area contributed by atoms with E-state index in [2.05, 4.69) is 4.89 Å². The van der Waals surface area contributed by atoms with Gasteiger partial charge in [0.25, 0.3) is 0 Å². The molecule has 0 heterocycles. The van der Waals surface area contributed by atoms with Crippen LogP contribution in [0.25, 0.3) is 0 Å². The Labute approximate surface area is 79.8 Å². The standard InChI is InChI=1S/C9H10F2O3/c10-7-4-8(11)6-9(5-7)13-2-1-3-14-12/h4-6,12H,1-3H2. The molecule has 1 rings (SSSR count). The number of ether oxygens (including phenoxy) is 1. The Morgan fingerprint density at radius 1 is 1.07 bits per heavy atom. The summed E-state index contributed by atoms with van der Waals surface area (Å²) in [6, 6.07) is 2.94. The van der Waals surface area contributed by atoms with Gasteiger partial charge in [-0.1, -0.05) is 0 Å². The molecule has 0 fully saturated rings. The van der Waals surface area contributed by atoms with E-state index in [4.69, 9.17) is 9.99 Å². The fourth-order valence-electron chi connectivity index (χ4n) is 0.925. The maximum Gasteiger partial charge on any atom is 0.129 e. The number of halogens is 2. The van der Waals surface area contributed by atoms with E-state index in [0.29, 0.717) is 6.42 Å². The van der Waals surface area contributed by atoms with Crippen LogP contribution >= 0.6 is 0 Å². The molecule has 0 spiro atoms. The lowest BCUT2D eigenvalue weighted by atomic mass is 10.3. The van der Waals surface area contributed by atoms with Crippen molar-refractivity contribution in [3.05, 3.63) is 29.8 Å². The molecule has 5 heteroatoms. The maximum atomic E-state index is 12.6. The predicted octanol–water partition coefficient (Wildman–Crippen LogP) is 2.22. The average molecular weight is 204 g/mol. The molecule has 1 N–H and O–H groups in total. The second-order valence-electron chi connectivity index (χ2n) is 2.64. The van der Waals surface area contributed by atoms with Crippen LogP contribution in [0, 0.1) is 11.6 Å². The predicted molar refractivity (Wildman–Crippen MR) is 45.1 cm³/mol. The summed E-state index contributed by atoms with van der Waals surface area (Å²) in [6.45, 7) is 0.348. The van der Waals surface area contributed by atoms with Crippen molar-refractivity contribution in [3.8, 4) is 5.75 Å². The molecule has 78 valence electrons. The minimum absolute atomic E-state index is 0.123. The molecular weight excluding hydrogens is 194 g/mol. The quantitative estimate of drug-likeness (QED) is 0.454.